The number of ether oxygens (including phenoxy) is 2. The molecule has 0 atom stereocenters. The predicted octanol–water partition coefficient (Wildman–Crippen LogP) is 4.71. The maximum atomic E-state index is 12.7. The molecule has 6 heteroatoms. The molecule has 0 fully saturated rings. The molecule has 0 aliphatic heterocycles. The zero-order chi connectivity index (χ0) is 20.1. The molecule has 0 spiro atoms. The molecular weight excluding hydrogens is 354 g/mol. The molecule has 0 saturated heterocycles. The molecule has 1 aromatic heterocycles. The van der Waals surface area contributed by atoms with Gasteiger partial charge in [-0.25, -0.2) is 0 Å². The normalized spacial score (nSPS) is 10.3. The molecule has 3 rings (SSSR count). The van der Waals surface area contributed by atoms with Gasteiger partial charge < -0.3 is 20.1 Å². The maximum Gasteiger partial charge on any atom is 0.274 e. The van der Waals surface area contributed by atoms with Gasteiger partial charge in [-0.3, -0.25) is 9.78 Å². The first-order chi connectivity index (χ1) is 13.5. The smallest absolute Gasteiger partial charge is 0.274 e. The van der Waals surface area contributed by atoms with Crippen molar-refractivity contribution in [3.8, 4) is 11.5 Å². The standard InChI is InChI=1S/C22H23N3O3/c1-14-5-6-16(11-15(14)2)24-17-9-10-23-20(12-17)22(26)25-19-13-18(27-3)7-8-21(19)28-4/h5-13H,1-4H3,(H,23,24)(H,25,26). The number of carbonyl (C=O) groups excluding carboxylic acids is 1. The summed E-state index contributed by atoms with van der Waals surface area (Å²) >= 11 is 0. The number of nitrogens with one attached hydrogen (secondary N) is 2. The summed E-state index contributed by atoms with van der Waals surface area (Å²) in [5.41, 5.74) is 4.96. The van der Waals surface area contributed by atoms with Crippen molar-refractivity contribution in [3.05, 3.63) is 71.5 Å². The fourth-order valence-corrected chi connectivity index (χ4v) is 2.72. The van der Waals surface area contributed by atoms with Gasteiger partial charge in [0.1, 0.15) is 17.2 Å². The Morgan fingerprint density at radius 2 is 1.68 bits per heavy atom. The quantitative estimate of drug-likeness (QED) is 0.651. The number of aryl methyl sites for hydroxylation is 2. The predicted molar refractivity (Wildman–Crippen MR) is 111 cm³/mol. The van der Waals surface area contributed by atoms with E-state index in [4.69, 9.17) is 9.47 Å². The van der Waals surface area contributed by atoms with E-state index in [0.29, 0.717) is 22.9 Å². The van der Waals surface area contributed by atoms with Crippen molar-refractivity contribution in [2.75, 3.05) is 24.9 Å². The highest BCUT2D eigenvalue weighted by Crippen LogP contribution is 2.29. The van der Waals surface area contributed by atoms with Gasteiger partial charge in [-0.2, -0.15) is 0 Å². The second-order valence-corrected chi connectivity index (χ2v) is 6.37. The molecular formula is C22H23N3O3. The molecule has 0 aliphatic carbocycles. The average molecular weight is 377 g/mol. The van der Waals surface area contributed by atoms with Crippen LogP contribution in [0.4, 0.5) is 17.1 Å². The van der Waals surface area contributed by atoms with E-state index in [9.17, 15) is 4.79 Å². The van der Waals surface area contributed by atoms with Gasteiger partial charge in [0.2, 0.25) is 0 Å². The zero-order valence-electron chi connectivity index (χ0n) is 16.4. The van der Waals surface area contributed by atoms with Crippen molar-refractivity contribution in [2.45, 2.75) is 13.8 Å². The lowest BCUT2D eigenvalue weighted by atomic mass is 10.1. The third-order valence-electron chi connectivity index (χ3n) is 4.44. The highest BCUT2D eigenvalue weighted by Gasteiger charge is 2.13. The number of hydrogen-bond donors (Lipinski definition) is 2. The Balaban J connectivity index is 1.80. The molecule has 6 nitrogen and oxygen atoms in total. The minimum absolute atomic E-state index is 0.290. The number of benzene rings is 2. The molecule has 0 bridgehead atoms. The van der Waals surface area contributed by atoms with Crippen LogP contribution in [0.5, 0.6) is 11.5 Å². The number of nitrogens with zero attached hydrogens (tertiary/aromatic N) is 1. The van der Waals surface area contributed by atoms with Crippen molar-refractivity contribution in [2.24, 2.45) is 0 Å². The third-order valence-corrected chi connectivity index (χ3v) is 4.44. The van der Waals surface area contributed by atoms with Crippen LogP contribution in [0.15, 0.2) is 54.7 Å². The lowest BCUT2D eigenvalue weighted by molar-refractivity contribution is 0.102. The second kappa shape index (κ2) is 8.43. The van der Waals surface area contributed by atoms with Crippen LogP contribution in [0.2, 0.25) is 0 Å². The third kappa shape index (κ3) is 4.40. The summed E-state index contributed by atoms with van der Waals surface area (Å²) in [5, 5.41) is 6.13. The summed E-state index contributed by atoms with van der Waals surface area (Å²) in [5.74, 6) is 0.822. The number of anilines is 3. The van der Waals surface area contributed by atoms with Crippen molar-refractivity contribution >= 4 is 23.0 Å². The molecule has 0 saturated carbocycles. The zero-order valence-corrected chi connectivity index (χ0v) is 16.4. The van der Waals surface area contributed by atoms with Crippen molar-refractivity contribution in [3.63, 3.8) is 0 Å². The Labute approximate surface area is 164 Å². The molecule has 0 radical (unpaired) electrons. The van der Waals surface area contributed by atoms with E-state index in [1.54, 1.807) is 44.7 Å². The Morgan fingerprint density at radius 1 is 0.893 bits per heavy atom. The minimum Gasteiger partial charge on any atom is -0.497 e. The molecule has 28 heavy (non-hydrogen) atoms. The van der Waals surface area contributed by atoms with Crippen molar-refractivity contribution in [1.29, 1.82) is 0 Å². The maximum absolute atomic E-state index is 12.7. The van der Waals surface area contributed by atoms with Crippen LogP contribution in [0.25, 0.3) is 0 Å². The number of aromatic nitrogens is 1. The van der Waals surface area contributed by atoms with Crippen LogP contribution >= 0.6 is 0 Å². The van der Waals surface area contributed by atoms with Gasteiger partial charge in [0.25, 0.3) is 5.91 Å². The van der Waals surface area contributed by atoms with Gasteiger partial charge in [0.05, 0.1) is 19.9 Å². The van der Waals surface area contributed by atoms with E-state index < -0.39 is 0 Å². The van der Waals surface area contributed by atoms with E-state index >= 15 is 0 Å². The fraction of sp³-hybridized carbons (Fsp3) is 0.182. The lowest BCUT2D eigenvalue weighted by Crippen LogP contribution is -2.14. The minimum atomic E-state index is -0.338. The van der Waals surface area contributed by atoms with Crippen LogP contribution in [0.3, 0.4) is 0 Å². The first-order valence-electron chi connectivity index (χ1n) is 8.84. The number of amides is 1. The second-order valence-electron chi connectivity index (χ2n) is 6.37. The Morgan fingerprint density at radius 3 is 2.39 bits per heavy atom. The lowest BCUT2D eigenvalue weighted by Gasteiger charge is -2.12. The summed E-state index contributed by atoms with van der Waals surface area (Å²) in [7, 11) is 3.11. The highest BCUT2D eigenvalue weighted by molar-refractivity contribution is 6.04. The number of carbonyl (C=O) groups is 1. The molecule has 3 aromatic rings. The molecule has 2 aromatic carbocycles. The van der Waals surface area contributed by atoms with Gasteiger partial charge in [0, 0.05) is 23.6 Å². The van der Waals surface area contributed by atoms with Gasteiger partial charge >= 0.3 is 0 Å². The summed E-state index contributed by atoms with van der Waals surface area (Å²) in [6.07, 6.45) is 1.60. The Hall–Kier alpha value is -3.54. The van der Waals surface area contributed by atoms with Crippen LogP contribution < -0.4 is 20.1 Å². The van der Waals surface area contributed by atoms with Crippen LogP contribution in [0.1, 0.15) is 21.6 Å². The molecule has 0 unspecified atom stereocenters. The van der Waals surface area contributed by atoms with Gasteiger partial charge in [0.15, 0.2) is 0 Å². The summed E-state index contributed by atoms with van der Waals surface area (Å²) in [6, 6.07) is 14.9. The topological polar surface area (TPSA) is 72.5 Å². The number of methoxy groups -OCH3 is 2. The molecule has 1 heterocycles. The monoisotopic (exact) mass is 377 g/mol. The summed E-state index contributed by atoms with van der Waals surface area (Å²) in [4.78, 5) is 16.9. The van der Waals surface area contributed by atoms with E-state index in [0.717, 1.165) is 11.4 Å². The highest BCUT2D eigenvalue weighted by atomic mass is 16.5. The number of pyridine rings is 1. The van der Waals surface area contributed by atoms with Crippen molar-refractivity contribution in [1.82, 2.24) is 4.98 Å². The first-order valence-corrected chi connectivity index (χ1v) is 8.84. The van der Waals surface area contributed by atoms with Crippen LogP contribution in [-0.2, 0) is 0 Å². The van der Waals surface area contributed by atoms with Crippen LogP contribution in [0, 0.1) is 13.8 Å². The van der Waals surface area contributed by atoms with Crippen LogP contribution in [-0.4, -0.2) is 25.1 Å². The summed E-state index contributed by atoms with van der Waals surface area (Å²) in [6.45, 7) is 4.13. The van der Waals surface area contributed by atoms with E-state index in [1.165, 1.54) is 11.1 Å². The van der Waals surface area contributed by atoms with Gasteiger partial charge in [-0.1, -0.05) is 6.07 Å². The molecule has 1 amide bonds. The van der Waals surface area contributed by atoms with Gasteiger partial charge in [-0.05, 0) is 61.4 Å². The van der Waals surface area contributed by atoms with Crippen molar-refractivity contribution < 1.29 is 14.3 Å². The average Bonchev–Trinajstić information content (AvgIpc) is 2.71. The molecule has 2 N–H and O–H groups in total. The molecule has 144 valence electrons. The largest absolute Gasteiger partial charge is 0.497 e. The van der Waals surface area contributed by atoms with E-state index in [1.807, 2.05) is 12.1 Å². The Kier molecular flexibility index (Phi) is 5.79. The summed E-state index contributed by atoms with van der Waals surface area (Å²) < 4.78 is 10.5. The molecule has 0 aliphatic rings. The fourth-order valence-electron chi connectivity index (χ4n) is 2.72. The number of hydrogen-bond acceptors (Lipinski definition) is 5. The van der Waals surface area contributed by atoms with Gasteiger partial charge in [-0.15, -0.1) is 0 Å². The van der Waals surface area contributed by atoms with E-state index in [-0.39, 0.29) is 5.91 Å². The van der Waals surface area contributed by atoms with E-state index in [2.05, 4.69) is 41.6 Å². The SMILES string of the molecule is COc1ccc(OC)c(NC(=O)c2cc(Nc3ccc(C)c(C)c3)ccn2)c1. The first kappa shape index (κ1) is 19.2. The Bertz CT molecular complexity index is 1000. The number of rotatable bonds is 6.